The van der Waals surface area contributed by atoms with E-state index in [1.807, 2.05) is 14.1 Å². The van der Waals surface area contributed by atoms with Crippen LogP contribution in [0.15, 0.2) is 24.3 Å². The van der Waals surface area contributed by atoms with Crippen LogP contribution in [0.4, 0.5) is 5.69 Å². The summed E-state index contributed by atoms with van der Waals surface area (Å²) >= 11 is 0. The van der Waals surface area contributed by atoms with E-state index in [4.69, 9.17) is 0 Å². The topological polar surface area (TPSA) is 63.4 Å². The van der Waals surface area contributed by atoms with E-state index < -0.39 is 4.92 Å². The van der Waals surface area contributed by atoms with Gasteiger partial charge in [-0.3, -0.25) is 14.9 Å². The monoisotopic (exact) mass is 326 g/mol. The summed E-state index contributed by atoms with van der Waals surface area (Å²) in [6.07, 6.45) is 3.67. The number of nitrogens with zero attached hydrogens (tertiary/aromatic N) is 2. The number of ketones is 1. The van der Waals surface area contributed by atoms with Gasteiger partial charge >= 0.3 is 0 Å². The molecule has 0 N–H and O–H groups in total. The number of carbonyl (C=O) groups is 1. The molecule has 0 spiro atoms. The molecule has 0 aliphatic heterocycles. The maximum atomic E-state index is 12.2. The highest BCUT2D eigenvalue weighted by atomic mass is 35.5. The van der Waals surface area contributed by atoms with E-state index in [0.717, 1.165) is 31.4 Å². The number of rotatable bonds is 5. The van der Waals surface area contributed by atoms with Gasteiger partial charge in [0.2, 0.25) is 0 Å². The van der Waals surface area contributed by atoms with Gasteiger partial charge in [-0.05, 0) is 32.5 Å². The molecule has 1 aromatic rings. The highest BCUT2D eigenvalue weighted by Gasteiger charge is 2.31. The number of hydrogen-bond acceptors (Lipinski definition) is 4. The number of non-ortho nitro benzene ring substituents is 1. The molecule has 0 bridgehead atoms. The van der Waals surface area contributed by atoms with Gasteiger partial charge in [0.25, 0.3) is 5.69 Å². The van der Waals surface area contributed by atoms with Gasteiger partial charge in [0.1, 0.15) is 5.78 Å². The second kappa shape index (κ2) is 8.25. The van der Waals surface area contributed by atoms with E-state index in [9.17, 15) is 14.9 Å². The molecular formula is C16H23ClN2O3. The van der Waals surface area contributed by atoms with Crippen LogP contribution in [-0.2, 0) is 4.79 Å². The largest absolute Gasteiger partial charge is 0.309 e. The quantitative estimate of drug-likeness (QED) is 0.614. The number of Topliss-reactive ketones (excluding diaryl/α,β-unsaturated/α-hetero) is 1. The van der Waals surface area contributed by atoms with E-state index >= 15 is 0 Å². The zero-order valence-corrected chi connectivity index (χ0v) is 13.8. The van der Waals surface area contributed by atoms with Crippen molar-refractivity contribution in [1.29, 1.82) is 0 Å². The smallest absolute Gasteiger partial charge is 0.269 e. The summed E-state index contributed by atoms with van der Waals surface area (Å²) in [6.45, 7) is 0.786. The number of nitro benzene ring substituents is 1. The first-order valence-electron chi connectivity index (χ1n) is 7.41. The minimum absolute atomic E-state index is 0. The molecule has 0 heterocycles. The van der Waals surface area contributed by atoms with Crippen molar-refractivity contribution in [3.05, 3.63) is 39.9 Å². The van der Waals surface area contributed by atoms with Crippen LogP contribution >= 0.6 is 12.4 Å². The molecule has 0 radical (unpaired) electrons. The number of nitro groups is 1. The number of halogens is 1. The molecule has 0 saturated heterocycles. The molecule has 1 aromatic carbocycles. The molecule has 1 unspecified atom stereocenters. The molecule has 1 aliphatic carbocycles. The minimum Gasteiger partial charge on any atom is -0.309 e. The Morgan fingerprint density at radius 1 is 1.27 bits per heavy atom. The second-order valence-electron chi connectivity index (χ2n) is 6.04. The summed E-state index contributed by atoms with van der Waals surface area (Å²) in [7, 11) is 3.98. The number of carbonyl (C=O) groups excluding carboxylic acids is 1. The molecule has 2 atom stereocenters. The summed E-state index contributed by atoms with van der Waals surface area (Å²) < 4.78 is 0. The van der Waals surface area contributed by atoms with Crippen molar-refractivity contribution in [2.24, 2.45) is 5.92 Å². The molecule has 6 heteroatoms. The third-order valence-electron chi connectivity index (χ3n) is 4.18. The van der Waals surface area contributed by atoms with Gasteiger partial charge in [0, 0.05) is 36.9 Å². The van der Waals surface area contributed by atoms with Gasteiger partial charge in [-0.15, -0.1) is 12.4 Å². The Balaban J connectivity index is 0.00000242. The van der Waals surface area contributed by atoms with Crippen LogP contribution in [0.25, 0.3) is 0 Å². The first kappa shape index (κ1) is 18.6. The Labute approximate surface area is 137 Å². The van der Waals surface area contributed by atoms with Crippen LogP contribution in [0.3, 0.4) is 0 Å². The van der Waals surface area contributed by atoms with Crippen LogP contribution in [0.1, 0.15) is 37.2 Å². The van der Waals surface area contributed by atoms with Gasteiger partial charge < -0.3 is 4.90 Å². The Morgan fingerprint density at radius 3 is 2.41 bits per heavy atom. The van der Waals surface area contributed by atoms with Gasteiger partial charge in [-0.2, -0.15) is 0 Å². The van der Waals surface area contributed by atoms with Crippen molar-refractivity contribution >= 4 is 23.9 Å². The highest BCUT2D eigenvalue weighted by molar-refractivity contribution is 5.85. The van der Waals surface area contributed by atoms with Crippen LogP contribution < -0.4 is 0 Å². The van der Waals surface area contributed by atoms with Crippen molar-refractivity contribution in [2.75, 3.05) is 20.6 Å². The molecule has 1 fully saturated rings. The van der Waals surface area contributed by atoms with Crippen molar-refractivity contribution in [2.45, 2.75) is 31.6 Å². The fourth-order valence-electron chi connectivity index (χ4n) is 3.14. The maximum absolute atomic E-state index is 12.2. The fraction of sp³-hybridized carbons (Fsp3) is 0.562. The molecule has 122 valence electrons. The molecular weight excluding hydrogens is 304 g/mol. The van der Waals surface area contributed by atoms with E-state index in [1.54, 1.807) is 12.1 Å². The third-order valence-corrected chi connectivity index (χ3v) is 4.18. The SMILES string of the molecule is CN(C)CC(c1ccc([N+](=O)[O-])cc1)[C@H]1CCCCC1=O.Cl. The lowest BCUT2D eigenvalue weighted by molar-refractivity contribution is -0.384. The van der Waals surface area contributed by atoms with Crippen LogP contribution in [0, 0.1) is 16.0 Å². The third kappa shape index (κ3) is 4.52. The van der Waals surface area contributed by atoms with Crippen molar-refractivity contribution in [3.63, 3.8) is 0 Å². The van der Waals surface area contributed by atoms with Crippen molar-refractivity contribution < 1.29 is 9.72 Å². The summed E-state index contributed by atoms with van der Waals surface area (Å²) in [5, 5.41) is 10.8. The Hall–Kier alpha value is -1.46. The summed E-state index contributed by atoms with van der Waals surface area (Å²) in [6, 6.07) is 6.67. The lowest BCUT2D eigenvalue weighted by Gasteiger charge is -2.31. The standard InChI is InChI=1S/C16H22N2O3.ClH/c1-17(2)11-15(14-5-3-4-6-16(14)19)12-7-9-13(10-8-12)18(20)21;/h7-10,14-15H,3-6,11H2,1-2H3;1H/t14-,15?;/m1./s1. The highest BCUT2D eigenvalue weighted by Crippen LogP contribution is 2.35. The molecule has 2 rings (SSSR count). The van der Waals surface area contributed by atoms with Gasteiger partial charge in [0.05, 0.1) is 4.92 Å². The van der Waals surface area contributed by atoms with Crippen molar-refractivity contribution in [3.8, 4) is 0 Å². The first-order valence-corrected chi connectivity index (χ1v) is 7.41. The van der Waals surface area contributed by atoms with E-state index in [2.05, 4.69) is 4.90 Å². The molecule has 5 nitrogen and oxygen atoms in total. The van der Waals surface area contributed by atoms with E-state index in [-0.39, 0.29) is 29.9 Å². The van der Waals surface area contributed by atoms with E-state index in [1.165, 1.54) is 12.1 Å². The van der Waals surface area contributed by atoms with Gasteiger partial charge in [0.15, 0.2) is 0 Å². The Bertz CT molecular complexity index is 517. The average Bonchev–Trinajstić information content (AvgIpc) is 2.45. The van der Waals surface area contributed by atoms with E-state index in [0.29, 0.717) is 12.2 Å². The number of hydrogen-bond donors (Lipinski definition) is 0. The van der Waals surface area contributed by atoms with Crippen molar-refractivity contribution in [1.82, 2.24) is 4.90 Å². The Kier molecular flexibility index (Phi) is 6.97. The number of benzene rings is 1. The molecule has 1 aliphatic rings. The molecule has 22 heavy (non-hydrogen) atoms. The van der Waals surface area contributed by atoms with Crippen LogP contribution in [0.5, 0.6) is 0 Å². The van der Waals surface area contributed by atoms with Crippen LogP contribution in [-0.4, -0.2) is 36.2 Å². The average molecular weight is 327 g/mol. The first-order chi connectivity index (χ1) is 9.99. The summed E-state index contributed by atoms with van der Waals surface area (Å²) in [4.78, 5) is 24.7. The van der Waals surface area contributed by atoms with Gasteiger partial charge in [-0.25, -0.2) is 0 Å². The minimum atomic E-state index is -0.392. The normalized spacial score (nSPS) is 19.6. The lowest BCUT2D eigenvalue weighted by Crippen LogP contribution is -2.32. The molecule has 1 saturated carbocycles. The molecule has 0 aromatic heterocycles. The molecule has 0 amide bonds. The predicted molar refractivity (Wildman–Crippen MR) is 88.6 cm³/mol. The lowest BCUT2D eigenvalue weighted by atomic mass is 9.75. The maximum Gasteiger partial charge on any atom is 0.269 e. The van der Waals surface area contributed by atoms with Crippen LogP contribution in [0.2, 0.25) is 0 Å². The van der Waals surface area contributed by atoms with Gasteiger partial charge in [-0.1, -0.05) is 18.6 Å². The summed E-state index contributed by atoms with van der Waals surface area (Å²) in [5.41, 5.74) is 1.12. The second-order valence-corrected chi connectivity index (χ2v) is 6.04. The zero-order valence-electron chi connectivity index (χ0n) is 13.0. The predicted octanol–water partition coefficient (Wildman–Crippen LogP) is 3.42. The number of likely N-dealkylation sites (N-methyl/N-ethyl adjacent to an activating group) is 1. The summed E-state index contributed by atoms with van der Waals surface area (Å²) in [5.74, 6) is 0.502. The Morgan fingerprint density at radius 2 is 1.91 bits per heavy atom. The fourth-order valence-corrected chi connectivity index (χ4v) is 3.14. The zero-order chi connectivity index (χ0) is 15.4.